The highest BCUT2D eigenvalue weighted by Crippen LogP contribution is 2.19. The SMILES string of the molecule is CCNC1CCC(NC(=O)Cc2cccc(O)c2)CC1. The number of phenols is 1. The van der Waals surface area contributed by atoms with Gasteiger partial charge < -0.3 is 15.7 Å². The smallest absolute Gasteiger partial charge is 0.224 e. The molecule has 0 atom stereocenters. The zero-order valence-corrected chi connectivity index (χ0v) is 12.1. The van der Waals surface area contributed by atoms with Crippen molar-refractivity contribution in [2.24, 2.45) is 0 Å². The number of hydrogen-bond donors (Lipinski definition) is 3. The minimum atomic E-state index is 0.0440. The van der Waals surface area contributed by atoms with Crippen LogP contribution in [0.2, 0.25) is 0 Å². The maximum atomic E-state index is 12.0. The predicted molar refractivity (Wildman–Crippen MR) is 79.7 cm³/mol. The molecule has 3 N–H and O–H groups in total. The summed E-state index contributed by atoms with van der Waals surface area (Å²) in [5, 5.41) is 16.0. The van der Waals surface area contributed by atoms with Crippen LogP contribution >= 0.6 is 0 Å². The molecule has 4 nitrogen and oxygen atoms in total. The molecule has 110 valence electrons. The highest BCUT2D eigenvalue weighted by atomic mass is 16.3. The van der Waals surface area contributed by atoms with Gasteiger partial charge in [-0.15, -0.1) is 0 Å². The van der Waals surface area contributed by atoms with Crippen molar-refractivity contribution in [1.29, 1.82) is 0 Å². The molecular weight excluding hydrogens is 252 g/mol. The predicted octanol–water partition coefficient (Wildman–Crippen LogP) is 1.97. The van der Waals surface area contributed by atoms with Gasteiger partial charge in [0.25, 0.3) is 0 Å². The fraction of sp³-hybridized carbons (Fsp3) is 0.562. The lowest BCUT2D eigenvalue weighted by Crippen LogP contribution is -2.42. The Balaban J connectivity index is 1.75. The van der Waals surface area contributed by atoms with E-state index in [0.717, 1.165) is 37.8 Å². The topological polar surface area (TPSA) is 61.4 Å². The number of hydrogen-bond acceptors (Lipinski definition) is 3. The first-order valence-electron chi connectivity index (χ1n) is 7.48. The van der Waals surface area contributed by atoms with Crippen molar-refractivity contribution in [3.63, 3.8) is 0 Å². The molecular formula is C16H24N2O2. The Morgan fingerprint density at radius 2 is 1.95 bits per heavy atom. The van der Waals surface area contributed by atoms with Crippen molar-refractivity contribution < 1.29 is 9.90 Å². The Morgan fingerprint density at radius 1 is 1.25 bits per heavy atom. The third-order valence-corrected chi connectivity index (χ3v) is 3.86. The van der Waals surface area contributed by atoms with Crippen molar-refractivity contribution in [2.75, 3.05) is 6.54 Å². The number of benzene rings is 1. The molecule has 0 spiro atoms. The average molecular weight is 276 g/mol. The van der Waals surface area contributed by atoms with E-state index >= 15 is 0 Å². The van der Waals surface area contributed by atoms with Gasteiger partial charge in [-0.25, -0.2) is 0 Å². The Labute approximate surface area is 120 Å². The maximum absolute atomic E-state index is 12.0. The zero-order chi connectivity index (χ0) is 14.4. The van der Waals surface area contributed by atoms with Crippen LogP contribution in [0.25, 0.3) is 0 Å². The Kier molecular flexibility index (Phi) is 5.41. The molecule has 0 saturated heterocycles. The second-order valence-electron chi connectivity index (χ2n) is 5.52. The van der Waals surface area contributed by atoms with Gasteiger partial charge in [0.1, 0.15) is 5.75 Å². The summed E-state index contributed by atoms with van der Waals surface area (Å²) in [4.78, 5) is 12.0. The van der Waals surface area contributed by atoms with Crippen LogP contribution < -0.4 is 10.6 Å². The molecule has 1 aromatic carbocycles. The fourth-order valence-corrected chi connectivity index (χ4v) is 2.86. The Bertz CT molecular complexity index is 440. The van der Waals surface area contributed by atoms with Crippen LogP contribution in [0.1, 0.15) is 38.2 Å². The summed E-state index contributed by atoms with van der Waals surface area (Å²) >= 11 is 0. The van der Waals surface area contributed by atoms with Gasteiger partial charge in [0.15, 0.2) is 0 Å². The summed E-state index contributed by atoms with van der Waals surface area (Å²) in [6, 6.07) is 7.79. The van der Waals surface area contributed by atoms with Gasteiger partial charge in [0.2, 0.25) is 5.91 Å². The number of phenolic OH excluding ortho intramolecular Hbond substituents is 1. The van der Waals surface area contributed by atoms with E-state index in [-0.39, 0.29) is 11.7 Å². The van der Waals surface area contributed by atoms with Crippen molar-refractivity contribution in [3.05, 3.63) is 29.8 Å². The highest BCUT2D eigenvalue weighted by molar-refractivity contribution is 5.79. The van der Waals surface area contributed by atoms with Gasteiger partial charge in [-0.2, -0.15) is 0 Å². The molecule has 1 aliphatic carbocycles. The zero-order valence-electron chi connectivity index (χ0n) is 12.1. The fourth-order valence-electron chi connectivity index (χ4n) is 2.86. The first-order chi connectivity index (χ1) is 9.67. The number of carbonyl (C=O) groups excluding carboxylic acids is 1. The summed E-state index contributed by atoms with van der Waals surface area (Å²) in [5.41, 5.74) is 0.851. The van der Waals surface area contributed by atoms with E-state index in [1.165, 1.54) is 0 Å². The Hall–Kier alpha value is -1.55. The van der Waals surface area contributed by atoms with Gasteiger partial charge in [-0.3, -0.25) is 4.79 Å². The second-order valence-corrected chi connectivity index (χ2v) is 5.52. The van der Waals surface area contributed by atoms with Gasteiger partial charge >= 0.3 is 0 Å². The van der Waals surface area contributed by atoms with Crippen molar-refractivity contribution in [2.45, 2.75) is 51.1 Å². The molecule has 1 aliphatic rings. The number of nitrogens with one attached hydrogen (secondary N) is 2. The van der Waals surface area contributed by atoms with Gasteiger partial charge in [0, 0.05) is 12.1 Å². The quantitative estimate of drug-likeness (QED) is 0.770. The molecule has 0 heterocycles. The van der Waals surface area contributed by atoms with Crippen LogP contribution in [0, 0.1) is 0 Å². The normalized spacial score (nSPS) is 22.4. The summed E-state index contributed by atoms with van der Waals surface area (Å²) in [5.74, 6) is 0.254. The van der Waals surface area contributed by atoms with Crippen molar-refractivity contribution in [3.8, 4) is 5.75 Å². The van der Waals surface area contributed by atoms with Gasteiger partial charge in [-0.05, 0) is 49.9 Å². The highest BCUT2D eigenvalue weighted by Gasteiger charge is 2.21. The lowest BCUT2D eigenvalue weighted by Gasteiger charge is -2.29. The lowest BCUT2D eigenvalue weighted by atomic mass is 9.91. The van der Waals surface area contributed by atoms with Crippen LogP contribution in [0.3, 0.4) is 0 Å². The first kappa shape index (κ1) is 14.9. The lowest BCUT2D eigenvalue weighted by molar-refractivity contribution is -0.121. The first-order valence-corrected chi connectivity index (χ1v) is 7.48. The van der Waals surface area contributed by atoms with E-state index in [2.05, 4.69) is 17.6 Å². The minimum Gasteiger partial charge on any atom is -0.508 e. The number of aromatic hydroxyl groups is 1. The van der Waals surface area contributed by atoms with E-state index in [9.17, 15) is 9.90 Å². The van der Waals surface area contributed by atoms with E-state index in [0.29, 0.717) is 18.5 Å². The monoisotopic (exact) mass is 276 g/mol. The van der Waals surface area contributed by atoms with Crippen LogP contribution in [0.4, 0.5) is 0 Å². The molecule has 1 fully saturated rings. The van der Waals surface area contributed by atoms with Crippen LogP contribution in [0.15, 0.2) is 24.3 Å². The van der Waals surface area contributed by atoms with E-state index in [1.54, 1.807) is 18.2 Å². The Morgan fingerprint density at radius 3 is 2.60 bits per heavy atom. The van der Waals surface area contributed by atoms with E-state index in [1.807, 2.05) is 6.07 Å². The van der Waals surface area contributed by atoms with Crippen LogP contribution in [-0.4, -0.2) is 29.6 Å². The maximum Gasteiger partial charge on any atom is 0.224 e. The molecule has 0 bridgehead atoms. The summed E-state index contributed by atoms with van der Waals surface area (Å²) < 4.78 is 0. The molecule has 1 saturated carbocycles. The van der Waals surface area contributed by atoms with Gasteiger partial charge in [0.05, 0.1) is 6.42 Å². The molecule has 0 aliphatic heterocycles. The molecule has 1 aromatic rings. The van der Waals surface area contributed by atoms with E-state index < -0.39 is 0 Å². The molecule has 2 rings (SSSR count). The summed E-state index contributed by atoms with van der Waals surface area (Å²) in [6.07, 6.45) is 4.68. The molecule has 20 heavy (non-hydrogen) atoms. The molecule has 0 unspecified atom stereocenters. The minimum absolute atomic E-state index is 0.0440. The molecule has 1 amide bonds. The van der Waals surface area contributed by atoms with Gasteiger partial charge in [-0.1, -0.05) is 19.1 Å². The molecule has 0 aromatic heterocycles. The van der Waals surface area contributed by atoms with E-state index in [4.69, 9.17) is 0 Å². The number of amides is 1. The summed E-state index contributed by atoms with van der Waals surface area (Å²) in [6.45, 7) is 3.14. The standard InChI is InChI=1S/C16H24N2O2/c1-2-17-13-6-8-14(9-7-13)18-16(20)11-12-4-3-5-15(19)10-12/h3-5,10,13-14,17,19H,2,6-9,11H2,1H3,(H,18,20). The second kappa shape index (κ2) is 7.29. The third-order valence-electron chi connectivity index (χ3n) is 3.86. The van der Waals surface area contributed by atoms with Crippen molar-refractivity contribution in [1.82, 2.24) is 10.6 Å². The number of rotatable bonds is 5. The third kappa shape index (κ3) is 4.53. The molecule has 4 heteroatoms. The van der Waals surface area contributed by atoms with Crippen molar-refractivity contribution >= 4 is 5.91 Å². The number of carbonyl (C=O) groups is 1. The van der Waals surface area contributed by atoms with Crippen LogP contribution in [0.5, 0.6) is 5.75 Å². The summed E-state index contributed by atoms with van der Waals surface area (Å²) in [7, 11) is 0. The molecule has 0 radical (unpaired) electrons. The largest absolute Gasteiger partial charge is 0.508 e. The average Bonchev–Trinajstić information content (AvgIpc) is 2.41. The van der Waals surface area contributed by atoms with Crippen LogP contribution in [-0.2, 0) is 11.2 Å².